The van der Waals surface area contributed by atoms with E-state index in [4.69, 9.17) is 0 Å². The molecule has 0 bridgehead atoms. The molecule has 0 aliphatic carbocycles. The third-order valence-electron chi connectivity index (χ3n) is 1.71. The van der Waals surface area contributed by atoms with Crippen LogP contribution in [0.3, 0.4) is 0 Å². The largest absolute Gasteiger partial charge is 0.348 e. The monoisotopic (exact) mass is 150 g/mol. The summed E-state index contributed by atoms with van der Waals surface area (Å²) in [5.74, 6) is 0. The Morgan fingerprint density at radius 2 is 2.55 bits per heavy atom. The van der Waals surface area contributed by atoms with Crippen LogP contribution in [0.2, 0.25) is 0 Å². The summed E-state index contributed by atoms with van der Waals surface area (Å²) in [4.78, 5) is 15.7. The highest BCUT2D eigenvalue weighted by molar-refractivity contribution is 5.45. The highest BCUT2D eigenvalue weighted by Gasteiger charge is 2.24. The van der Waals surface area contributed by atoms with E-state index >= 15 is 0 Å². The second kappa shape index (κ2) is 2.30. The van der Waals surface area contributed by atoms with Crippen LogP contribution in [-0.4, -0.2) is 29.3 Å². The van der Waals surface area contributed by atoms with E-state index in [0.717, 1.165) is 10.6 Å². The van der Waals surface area contributed by atoms with Gasteiger partial charge in [-0.3, -0.25) is 0 Å². The summed E-state index contributed by atoms with van der Waals surface area (Å²) in [6.45, 7) is 1.27. The predicted octanol–water partition coefficient (Wildman–Crippen LogP) is 0.478. The molecular formula is C7H8N3O+. The van der Waals surface area contributed by atoms with Gasteiger partial charge in [0.05, 0.1) is 11.4 Å². The highest BCUT2D eigenvalue weighted by Crippen LogP contribution is 2.12. The van der Waals surface area contributed by atoms with Gasteiger partial charge in [0, 0.05) is 0 Å². The molecular weight excluding hydrogens is 142 g/mol. The lowest BCUT2D eigenvalue weighted by molar-refractivity contribution is -0.598. The van der Waals surface area contributed by atoms with Gasteiger partial charge in [0.15, 0.2) is 6.54 Å². The van der Waals surface area contributed by atoms with Crippen LogP contribution in [0, 0.1) is 4.91 Å². The lowest BCUT2D eigenvalue weighted by Crippen LogP contribution is -2.37. The Kier molecular flexibility index (Phi) is 1.31. The second-order valence-corrected chi connectivity index (χ2v) is 2.43. The number of fused-ring (bicyclic) bond motifs is 1. The van der Waals surface area contributed by atoms with Crippen molar-refractivity contribution in [1.82, 2.24) is 5.01 Å². The van der Waals surface area contributed by atoms with Crippen LogP contribution < -0.4 is 0 Å². The SMILES string of the molecule is O=[N+]1C=NCC2=CC=CCN21. The molecule has 0 saturated heterocycles. The first kappa shape index (κ1) is 6.27. The van der Waals surface area contributed by atoms with Crippen molar-refractivity contribution in [3.63, 3.8) is 0 Å². The minimum absolute atomic E-state index is 0.614. The van der Waals surface area contributed by atoms with Crippen molar-refractivity contribution in [2.24, 2.45) is 4.99 Å². The molecule has 0 unspecified atom stereocenters. The molecule has 56 valence electrons. The Morgan fingerprint density at radius 3 is 3.36 bits per heavy atom. The zero-order chi connectivity index (χ0) is 7.68. The Bertz CT molecular complexity index is 277. The third-order valence-corrected chi connectivity index (χ3v) is 1.71. The number of hydrazine groups is 1. The predicted molar refractivity (Wildman–Crippen MR) is 40.9 cm³/mol. The molecule has 4 heteroatoms. The van der Waals surface area contributed by atoms with Gasteiger partial charge in [-0.1, -0.05) is 17.1 Å². The van der Waals surface area contributed by atoms with Gasteiger partial charge in [-0.25, -0.2) is 0 Å². The van der Waals surface area contributed by atoms with E-state index in [1.54, 1.807) is 5.01 Å². The summed E-state index contributed by atoms with van der Waals surface area (Å²) in [5.41, 5.74) is 0.963. The average molecular weight is 150 g/mol. The van der Waals surface area contributed by atoms with Crippen LogP contribution >= 0.6 is 0 Å². The van der Waals surface area contributed by atoms with E-state index < -0.39 is 0 Å². The van der Waals surface area contributed by atoms with Crippen molar-refractivity contribution in [3.05, 3.63) is 28.8 Å². The fourth-order valence-electron chi connectivity index (χ4n) is 1.15. The molecule has 0 radical (unpaired) electrons. The molecule has 2 aliphatic rings. The van der Waals surface area contributed by atoms with Crippen molar-refractivity contribution < 1.29 is 4.87 Å². The van der Waals surface area contributed by atoms with Crippen molar-refractivity contribution in [3.8, 4) is 0 Å². The summed E-state index contributed by atoms with van der Waals surface area (Å²) in [5, 5.41) is 1.65. The minimum Gasteiger partial charge on any atom is -0.170 e. The van der Waals surface area contributed by atoms with Gasteiger partial charge in [0.2, 0.25) is 0 Å². The first-order chi connectivity index (χ1) is 5.38. The zero-order valence-electron chi connectivity index (χ0n) is 5.97. The number of allylic oxidation sites excluding steroid dienone is 2. The molecule has 0 fully saturated rings. The average Bonchev–Trinajstić information content (AvgIpc) is 2.06. The van der Waals surface area contributed by atoms with E-state index in [1.165, 1.54) is 6.34 Å². The number of hydrogen-bond acceptors (Lipinski definition) is 2. The molecule has 2 heterocycles. The van der Waals surface area contributed by atoms with Gasteiger partial charge in [0.1, 0.15) is 5.70 Å². The summed E-state index contributed by atoms with van der Waals surface area (Å²) < 4.78 is 0. The van der Waals surface area contributed by atoms with Gasteiger partial charge in [-0.15, -0.1) is 0 Å². The maximum atomic E-state index is 11.0. The lowest BCUT2D eigenvalue weighted by Gasteiger charge is -2.19. The molecule has 2 rings (SSSR count). The highest BCUT2D eigenvalue weighted by atomic mass is 16.3. The molecule has 0 amide bonds. The van der Waals surface area contributed by atoms with Gasteiger partial charge >= 0.3 is 6.34 Å². The number of nitroso groups, excluding NO2 is 1. The van der Waals surface area contributed by atoms with Gasteiger partial charge in [-0.05, 0) is 11.0 Å². The molecule has 11 heavy (non-hydrogen) atoms. The Balaban J connectivity index is 2.34. The van der Waals surface area contributed by atoms with Crippen LogP contribution in [0.4, 0.5) is 0 Å². The van der Waals surface area contributed by atoms with Crippen LogP contribution in [0.5, 0.6) is 0 Å². The normalized spacial score (nSPS) is 21.6. The maximum absolute atomic E-state index is 11.0. The van der Waals surface area contributed by atoms with E-state index in [1.807, 2.05) is 18.2 Å². The number of hydrogen-bond donors (Lipinski definition) is 0. The van der Waals surface area contributed by atoms with Crippen LogP contribution in [0.1, 0.15) is 0 Å². The standard InChI is InChI=1S/C7H8N3O/c11-10-6-8-5-7-3-1-2-4-9(7)10/h1-3,6H,4-5H2/q+1. The Morgan fingerprint density at radius 1 is 1.64 bits per heavy atom. The van der Waals surface area contributed by atoms with Crippen LogP contribution in [0.25, 0.3) is 0 Å². The molecule has 0 aromatic heterocycles. The smallest absolute Gasteiger partial charge is 0.170 e. The maximum Gasteiger partial charge on any atom is 0.348 e. The number of aliphatic imine (C=N–C) groups is 1. The molecule has 0 aromatic carbocycles. The molecule has 4 nitrogen and oxygen atoms in total. The minimum atomic E-state index is 0.614. The Labute approximate surface area is 64.1 Å². The van der Waals surface area contributed by atoms with E-state index in [0.29, 0.717) is 13.1 Å². The quantitative estimate of drug-likeness (QED) is 0.471. The van der Waals surface area contributed by atoms with Gasteiger partial charge < -0.3 is 0 Å². The van der Waals surface area contributed by atoms with Crippen molar-refractivity contribution in [2.75, 3.05) is 13.1 Å². The van der Waals surface area contributed by atoms with Crippen molar-refractivity contribution in [1.29, 1.82) is 0 Å². The lowest BCUT2D eigenvalue weighted by atomic mass is 10.3. The number of rotatable bonds is 0. The van der Waals surface area contributed by atoms with Gasteiger partial charge in [-0.2, -0.15) is 5.01 Å². The molecule has 0 spiro atoms. The van der Waals surface area contributed by atoms with Crippen LogP contribution in [-0.2, 0) is 0 Å². The molecule has 0 aromatic rings. The number of nitrogens with zero attached hydrogens (tertiary/aromatic N) is 3. The molecule has 0 atom stereocenters. The van der Waals surface area contributed by atoms with Gasteiger partial charge in [0.25, 0.3) is 0 Å². The summed E-state index contributed by atoms with van der Waals surface area (Å²) in [6.07, 6.45) is 7.09. The first-order valence-electron chi connectivity index (χ1n) is 3.47. The fourth-order valence-corrected chi connectivity index (χ4v) is 1.15. The summed E-state index contributed by atoms with van der Waals surface area (Å²) in [7, 11) is 0. The van der Waals surface area contributed by atoms with E-state index in [2.05, 4.69) is 4.99 Å². The van der Waals surface area contributed by atoms with Crippen LogP contribution in [0.15, 0.2) is 28.9 Å². The van der Waals surface area contributed by atoms with Crippen molar-refractivity contribution in [2.45, 2.75) is 0 Å². The summed E-state index contributed by atoms with van der Waals surface area (Å²) in [6, 6.07) is 0. The topological polar surface area (TPSA) is 35.7 Å². The second-order valence-electron chi connectivity index (χ2n) is 2.43. The zero-order valence-corrected chi connectivity index (χ0v) is 5.97. The Hall–Kier alpha value is -1.45. The third kappa shape index (κ3) is 0.960. The summed E-state index contributed by atoms with van der Waals surface area (Å²) >= 11 is 0. The molecule has 0 saturated carbocycles. The van der Waals surface area contributed by atoms with E-state index in [-0.39, 0.29) is 0 Å². The first-order valence-corrected chi connectivity index (χ1v) is 3.47. The van der Waals surface area contributed by atoms with Crippen molar-refractivity contribution >= 4 is 6.34 Å². The molecule has 0 N–H and O–H groups in total. The van der Waals surface area contributed by atoms with E-state index in [9.17, 15) is 4.91 Å². The fraction of sp³-hybridized carbons (Fsp3) is 0.286. The molecule has 2 aliphatic heterocycles.